The SMILES string of the molecule is C=COC(=O)CCCCCCCCCCCCCCCCCCCCCCCCCCCCCCCCC. The van der Waals surface area contributed by atoms with Crippen molar-refractivity contribution in [3.8, 4) is 0 Å². The lowest BCUT2D eigenvalue weighted by Gasteiger charge is -2.05. The fourth-order valence-corrected chi connectivity index (χ4v) is 5.62. The van der Waals surface area contributed by atoms with Gasteiger partial charge in [-0.1, -0.05) is 206 Å². The monoisotopic (exact) mass is 535 g/mol. The van der Waals surface area contributed by atoms with E-state index in [-0.39, 0.29) is 5.97 Å². The molecule has 2 heteroatoms. The third-order valence-electron chi connectivity index (χ3n) is 8.20. The molecule has 0 atom stereocenters. The number of unbranched alkanes of at least 4 members (excludes halogenated alkanes) is 30. The summed E-state index contributed by atoms with van der Waals surface area (Å²) in [5, 5.41) is 0. The first kappa shape index (κ1) is 37.2. The molecule has 2 nitrogen and oxygen atoms in total. The Morgan fingerprint density at radius 3 is 0.842 bits per heavy atom. The lowest BCUT2D eigenvalue weighted by Crippen LogP contribution is -1.98. The summed E-state index contributed by atoms with van der Waals surface area (Å²) in [6, 6.07) is 0. The molecule has 0 bridgehead atoms. The second-order valence-electron chi connectivity index (χ2n) is 12.0. The molecule has 0 aliphatic rings. The summed E-state index contributed by atoms with van der Waals surface area (Å²) >= 11 is 0. The van der Waals surface area contributed by atoms with E-state index in [2.05, 4.69) is 13.5 Å². The largest absolute Gasteiger partial charge is 0.435 e. The Balaban J connectivity index is 3.05. The summed E-state index contributed by atoms with van der Waals surface area (Å²) in [7, 11) is 0. The molecule has 0 aromatic heterocycles. The van der Waals surface area contributed by atoms with E-state index in [1.54, 1.807) is 0 Å². The predicted molar refractivity (Wildman–Crippen MR) is 170 cm³/mol. The minimum Gasteiger partial charge on any atom is -0.435 e. The second-order valence-corrected chi connectivity index (χ2v) is 12.0. The van der Waals surface area contributed by atoms with Crippen LogP contribution in [0.5, 0.6) is 0 Å². The van der Waals surface area contributed by atoms with E-state index < -0.39 is 0 Å². The van der Waals surface area contributed by atoms with E-state index in [0.29, 0.717) is 6.42 Å². The maximum absolute atomic E-state index is 11.2. The van der Waals surface area contributed by atoms with Crippen LogP contribution in [-0.4, -0.2) is 5.97 Å². The van der Waals surface area contributed by atoms with Gasteiger partial charge in [0.15, 0.2) is 0 Å². The molecule has 0 aliphatic heterocycles. The molecule has 0 aromatic rings. The van der Waals surface area contributed by atoms with Gasteiger partial charge in [-0.05, 0) is 6.42 Å². The van der Waals surface area contributed by atoms with E-state index in [0.717, 1.165) is 12.8 Å². The number of ether oxygens (including phenoxy) is 1. The summed E-state index contributed by atoms with van der Waals surface area (Å²) < 4.78 is 4.73. The van der Waals surface area contributed by atoms with Gasteiger partial charge in [-0.3, -0.25) is 4.79 Å². The van der Waals surface area contributed by atoms with Crippen LogP contribution in [0.3, 0.4) is 0 Å². The predicted octanol–water partition coefficient (Wildman–Crippen LogP) is 13.2. The van der Waals surface area contributed by atoms with Crippen LogP contribution in [0.15, 0.2) is 12.8 Å². The lowest BCUT2D eigenvalue weighted by atomic mass is 10.0. The van der Waals surface area contributed by atoms with E-state index in [9.17, 15) is 4.79 Å². The third kappa shape index (κ3) is 33.2. The van der Waals surface area contributed by atoms with Crippen LogP contribution in [0.4, 0.5) is 0 Å². The molecule has 0 unspecified atom stereocenters. The molecule has 0 rings (SSSR count). The van der Waals surface area contributed by atoms with Crippen LogP contribution in [-0.2, 0) is 9.53 Å². The number of rotatable bonds is 33. The Morgan fingerprint density at radius 1 is 0.421 bits per heavy atom. The van der Waals surface area contributed by atoms with Gasteiger partial charge in [0.25, 0.3) is 0 Å². The van der Waals surface area contributed by atoms with Crippen molar-refractivity contribution in [3.05, 3.63) is 12.8 Å². The zero-order valence-corrected chi connectivity index (χ0v) is 26.2. The molecule has 0 radical (unpaired) electrons. The summed E-state index contributed by atoms with van der Waals surface area (Å²) in [5.41, 5.74) is 0. The highest BCUT2D eigenvalue weighted by Gasteiger charge is 2.00. The second kappa shape index (κ2) is 34.2. The molecule has 0 heterocycles. The van der Waals surface area contributed by atoms with Crippen molar-refractivity contribution in [1.82, 2.24) is 0 Å². The molecule has 0 spiro atoms. The van der Waals surface area contributed by atoms with Crippen molar-refractivity contribution in [2.24, 2.45) is 0 Å². The highest BCUT2D eigenvalue weighted by Crippen LogP contribution is 2.16. The first-order valence-corrected chi connectivity index (χ1v) is 17.6. The Kier molecular flexibility index (Phi) is 33.5. The molecule has 0 amide bonds. The van der Waals surface area contributed by atoms with Crippen LogP contribution in [0.25, 0.3) is 0 Å². The highest BCUT2D eigenvalue weighted by molar-refractivity contribution is 5.69. The van der Waals surface area contributed by atoms with Crippen molar-refractivity contribution in [2.45, 2.75) is 212 Å². The number of carbonyl (C=O) groups excluding carboxylic acids is 1. The summed E-state index contributed by atoms with van der Waals surface area (Å²) in [5.74, 6) is -0.143. The van der Waals surface area contributed by atoms with Gasteiger partial charge in [0, 0.05) is 6.42 Å². The van der Waals surface area contributed by atoms with Crippen molar-refractivity contribution in [2.75, 3.05) is 0 Å². The molecule has 0 fully saturated rings. The first-order valence-electron chi connectivity index (χ1n) is 17.6. The summed E-state index contributed by atoms with van der Waals surface area (Å²) in [6.07, 6.45) is 45.7. The maximum atomic E-state index is 11.2. The lowest BCUT2D eigenvalue weighted by molar-refractivity contribution is -0.138. The molecule has 0 aromatic carbocycles. The minimum atomic E-state index is -0.143. The average Bonchev–Trinajstić information content (AvgIpc) is 2.92. The van der Waals surface area contributed by atoms with Crippen molar-refractivity contribution in [3.63, 3.8) is 0 Å². The average molecular weight is 535 g/mol. The normalized spacial score (nSPS) is 11.2. The molecule has 0 N–H and O–H groups in total. The van der Waals surface area contributed by atoms with E-state index in [4.69, 9.17) is 4.74 Å². The number of carbonyl (C=O) groups is 1. The van der Waals surface area contributed by atoms with Gasteiger partial charge < -0.3 is 4.74 Å². The van der Waals surface area contributed by atoms with Crippen molar-refractivity contribution in [1.29, 1.82) is 0 Å². The Morgan fingerprint density at radius 2 is 0.632 bits per heavy atom. The molecule has 0 saturated carbocycles. The van der Waals surface area contributed by atoms with Crippen LogP contribution in [0.1, 0.15) is 212 Å². The van der Waals surface area contributed by atoms with Gasteiger partial charge in [0.1, 0.15) is 0 Å². The smallest absolute Gasteiger partial charge is 0.310 e. The number of hydrogen-bond donors (Lipinski definition) is 0. The van der Waals surface area contributed by atoms with Crippen LogP contribution >= 0.6 is 0 Å². The van der Waals surface area contributed by atoms with Gasteiger partial charge in [0.2, 0.25) is 0 Å². The van der Waals surface area contributed by atoms with Gasteiger partial charge >= 0.3 is 5.97 Å². The Labute approximate surface area is 240 Å². The fourth-order valence-electron chi connectivity index (χ4n) is 5.62. The maximum Gasteiger partial charge on any atom is 0.310 e. The van der Waals surface area contributed by atoms with Crippen LogP contribution < -0.4 is 0 Å². The van der Waals surface area contributed by atoms with Gasteiger partial charge in [-0.15, -0.1) is 0 Å². The molecular formula is C36H70O2. The molecule has 38 heavy (non-hydrogen) atoms. The molecule has 0 saturated heterocycles. The minimum absolute atomic E-state index is 0.143. The van der Waals surface area contributed by atoms with E-state index >= 15 is 0 Å². The quantitative estimate of drug-likeness (QED) is 0.0475. The molecular weight excluding hydrogens is 464 g/mol. The molecule has 0 aliphatic carbocycles. The Hall–Kier alpha value is -0.790. The first-order chi connectivity index (χ1) is 18.8. The summed E-state index contributed by atoms with van der Waals surface area (Å²) in [6.45, 7) is 5.71. The van der Waals surface area contributed by atoms with Crippen LogP contribution in [0.2, 0.25) is 0 Å². The zero-order valence-electron chi connectivity index (χ0n) is 26.2. The van der Waals surface area contributed by atoms with Crippen LogP contribution in [0, 0.1) is 0 Å². The van der Waals surface area contributed by atoms with Crippen molar-refractivity contribution < 1.29 is 9.53 Å². The topological polar surface area (TPSA) is 26.3 Å². The number of hydrogen-bond acceptors (Lipinski definition) is 2. The van der Waals surface area contributed by atoms with Gasteiger partial charge in [-0.2, -0.15) is 0 Å². The van der Waals surface area contributed by atoms with E-state index in [1.165, 1.54) is 192 Å². The summed E-state index contributed by atoms with van der Waals surface area (Å²) in [4.78, 5) is 11.2. The fraction of sp³-hybridized carbons (Fsp3) is 0.917. The highest BCUT2D eigenvalue weighted by atomic mass is 16.5. The Bertz CT molecular complexity index is 458. The standard InChI is InChI=1S/C36H70O2/c1-3-5-6-7-8-9-10-11-12-13-14-15-16-17-18-19-20-21-22-23-24-25-26-27-28-29-30-31-32-33-34-35-36(37)38-4-2/h4H,2-3,5-35H2,1H3. The zero-order chi connectivity index (χ0) is 27.6. The van der Waals surface area contributed by atoms with Crippen molar-refractivity contribution >= 4 is 5.97 Å². The number of esters is 1. The van der Waals surface area contributed by atoms with E-state index in [1.807, 2.05) is 0 Å². The van der Waals surface area contributed by atoms with Gasteiger partial charge in [-0.25, -0.2) is 0 Å². The van der Waals surface area contributed by atoms with Gasteiger partial charge in [0.05, 0.1) is 6.26 Å². The third-order valence-corrected chi connectivity index (χ3v) is 8.20. The molecule has 226 valence electrons.